The number of benzene rings is 2. The van der Waals surface area contributed by atoms with Crippen molar-refractivity contribution in [3.05, 3.63) is 102 Å². The van der Waals surface area contributed by atoms with Gasteiger partial charge in [0, 0.05) is 38.4 Å². The number of carbonyl (C=O) groups is 1. The minimum atomic E-state index is -0.866. The molecule has 0 spiro atoms. The number of pyridine rings is 2. The molecule has 13 nitrogen and oxygen atoms in total. The first kappa shape index (κ1) is 34.9. The van der Waals surface area contributed by atoms with Crippen molar-refractivity contribution in [1.29, 1.82) is 0 Å². The van der Waals surface area contributed by atoms with Crippen molar-refractivity contribution >= 4 is 23.5 Å². The van der Waals surface area contributed by atoms with Crippen LogP contribution < -0.4 is 24.4 Å². The van der Waals surface area contributed by atoms with Crippen molar-refractivity contribution < 1.29 is 24.1 Å². The molecule has 1 aliphatic rings. The normalized spacial score (nSPS) is 13.1. The van der Waals surface area contributed by atoms with E-state index in [1.54, 1.807) is 33.6 Å². The zero-order valence-electron chi connectivity index (χ0n) is 29.2. The Bertz CT molecular complexity index is 1870. The van der Waals surface area contributed by atoms with Crippen LogP contribution in [0.4, 0.5) is 22.2 Å². The lowest BCUT2D eigenvalue weighted by Crippen LogP contribution is -2.37. The summed E-state index contributed by atoms with van der Waals surface area (Å²) in [5.41, 5.74) is 4.59. The molecule has 1 fully saturated rings. The number of methoxy groups -OCH3 is 3. The predicted octanol–water partition coefficient (Wildman–Crippen LogP) is 6.55. The fourth-order valence-electron chi connectivity index (χ4n) is 6.09. The lowest BCUT2D eigenvalue weighted by molar-refractivity contribution is 0.124. The van der Waals surface area contributed by atoms with Crippen LogP contribution in [0.3, 0.4) is 0 Å². The monoisotopic (exact) mass is 690 g/mol. The van der Waals surface area contributed by atoms with Crippen LogP contribution >= 0.6 is 0 Å². The molecule has 4 heterocycles. The summed E-state index contributed by atoms with van der Waals surface area (Å²) in [6.45, 7) is 3.99. The zero-order valence-corrected chi connectivity index (χ0v) is 29.2. The number of hydrogen-bond acceptors (Lipinski definition) is 11. The summed E-state index contributed by atoms with van der Waals surface area (Å²) in [6.07, 6.45) is 5.02. The first-order chi connectivity index (χ1) is 24.8. The van der Waals surface area contributed by atoms with Crippen molar-refractivity contribution in [2.45, 2.75) is 39.3 Å². The molecule has 51 heavy (non-hydrogen) atoms. The summed E-state index contributed by atoms with van der Waals surface area (Å²) in [4.78, 5) is 39.0. The number of rotatable bonds is 13. The molecular weight excluding hydrogens is 648 g/mol. The average molecular weight is 691 g/mol. The molecular formula is C38H42N8O5. The van der Waals surface area contributed by atoms with Gasteiger partial charge in [-0.15, -0.1) is 0 Å². The van der Waals surface area contributed by atoms with Crippen molar-refractivity contribution in [3.63, 3.8) is 0 Å². The number of amides is 1. The van der Waals surface area contributed by atoms with Crippen LogP contribution in [0, 0.1) is 12.8 Å². The lowest BCUT2D eigenvalue weighted by Gasteiger charge is -2.30. The van der Waals surface area contributed by atoms with Gasteiger partial charge in [0.1, 0.15) is 23.1 Å². The van der Waals surface area contributed by atoms with Gasteiger partial charge in [0.15, 0.2) is 5.82 Å². The van der Waals surface area contributed by atoms with E-state index >= 15 is 0 Å². The summed E-state index contributed by atoms with van der Waals surface area (Å²) in [7, 11) is 4.88. The van der Waals surface area contributed by atoms with Crippen molar-refractivity contribution in [3.8, 4) is 28.8 Å². The molecule has 0 atom stereocenters. The number of ether oxygens (including phenoxy) is 3. The van der Waals surface area contributed by atoms with Gasteiger partial charge in [0.05, 0.1) is 38.8 Å². The highest BCUT2D eigenvalue weighted by atomic mass is 16.5. The van der Waals surface area contributed by atoms with Gasteiger partial charge in [-0.2, -0.15) is 9.97 Å². The van der Waals surface area contributed by atoms with Gasteiger partial charge in [0.2, 0.25) is 11.8 Å². The summed E-state index contributed by atoms with van der Waals surface area (Å²) < 4.78 is 16.0. The van der Waals surface area contributed by atoms with Gasteiger partial charge in [-0.1, -0.05) is 24.3 Å². The van der Waals surface area contributed by atoms with Crippen molar-refractivity contribution in [2.75, 3.05) is 44.6 Å². The predicted molar refractivity (Wildman–Crippen MR) is 194 cm³/mol. The van der Waals surface area contributed by atoms with Crippen LogP contribution in [-0.2, 0) is 19.5 Å². The first-order valence-electron chi connectivity index (χ1n) is 16.8. The second-order valence-electron chi connectivity index (χ2n) is 12.4. The minimum Gasteiger partial charge on any atom is -0.497 e. The average Bonchev–Trinajstić information content (AvgIpc) is 3.16. The van der Waals surface area contributed by atoms with E-state index in [1.807, 2.05) is 67.7 Å². The lowest BCUT2D eigenvalue weighted by atomic mass is 9.90. The van der Waals surface area contributed by atoms with E-state index in [9.17, 15) is 9.90 Å². The standard InChI is InChI=1S/C38H42N8O5/c1-25-41-36(44-37(42-25)46(23-27-5-10-31(49-2)11-6-27)24-28-7-12-32(50-3)13-8-28)33-20-29(19-26-15-17-45(18-16-26)38(47)48)21-40-35(33)43-30-9-14-34(51-4)39-22-30/h5-14,20-22,26H,15-19,23-24H2,1-4H3,(H,40,43)(H,47,48). The third kappa shape index (κ3) is 8.98. The van der Waals surface area contributed by atoms with Crippen LogP contribution in [0.2, 0.25) is 0 Å². The Morgan fingerprint density at radius 2 is 1.47 bits per heavy atom. The Hall–Kier alpha value is -5.98. The van der Waals surface area contributed by atoms with Crippen LogP contribution in [0.25, 0.3) is 11.4 Å². The number of nitrogens with one attached hydrogen (secondary N) is 1. The Labute approximate surface area is 297 Å². The molecule has 0 bridgehead atoms. The highest BCUT2D eigenvalue weighted by Crippen LogP contribution is 2.31. The second kappa shape index (κ2) is 16.2. The molecule has 0 unspecified atom stereocenters. The topological polar surface area (TPSA) is 148 Å². The number of anilines is 3. The second-order valence-corrected chi connectivity index (χ2v) is 12.4. The molecule has 13 heteroatoms. The van der Waals surface area contributed by atoms with E-state index in [-0.39, 0.29) is 0 Å². The Morgan fingerprint density at radius 3 is 2.02 bits per heavy atom. The fourth-order valence-corrected chi connectivity index (χ4v) is 6.09. The molecule has 1 amide bonds. The molecule has 1 aliphatic heterocycles. The molecule has 6 rings (SSSR count). The smallest absolute Gasteiger partial charge is 0.407 e. The number of piperidine rings is 1. The summed E-state index contributed by atoms with van der Waals surface area (Å²) in [6, 6.07) is 21.6. The number of aromatic nitrogens is 5. The number of aryl methyl sites for hydroxylation is 1. The maximum atomic E-state index is 11.5. The van der Waals surface area contributed by atoms with Gasteiger partial charge in [-0.25, -0.2) is 19.7 Å². The Kier molecular flexibility index (Phi) is 11.0. The summed E-state index contributed by atoms with van der Waals surface area (Å²) in [5.74, 6) is 4.53. The van der Waals surface area contributed by atoms with Crippen molar-refractivity contribution in [1.82, 2.24) is 29.8 Å². The van der Waals surface area contributed by atoms with E-state index in [0.29, 0.717) is 67.0 Å². The molecule has 3 aromatic heterocycles. The van der Waals surface area contributed by atoms with Crippen LogP contribution in [0.15, 0.2) is 79.1 Å². The summed E-state index contributed by atoms with van der Waals surface area (Å²) in [5, 5.41) is 12.8. The number of nitrogens with zero attached hydrogens (tertiary/aromatic N) is 7. The largest absolute Gasteiger partial charge is 0.497 e. The highest BCUT2D eigenvalue weighted by Gasteiger charge is 2.24. The molecule has 1 saturated heterocycles. The van der Waals surface area contributed by atoms with Crippen molar-refractivity contribution in [2.24, 2.45) is 5.92 Å². The number of carboxylic acid groups (broad SMARTS) is 1. The van der Waals surface area contributed by atoms with E-state index in [0.717, 1.165) is 53.1 Å². The van der Waals surface area contributed by atoms with Gasteiger partial charge in [0.25, 0.3) is 0 Å². The molecule has 5 aromatic rings. The van der Waals surface area contributed by atoms with E-state index in [1.165, 1.54) is 4.90 Å². The van der Waals surface area contributed by atoms with Crippen LogP contribution in [0.5, 0.6) is 17.4 Å². The minimum absolute atomic E-state index is 0.333. The number of hydrogen-bond donors (Lipinski definition) is 2. The fraction of sp³-hybridized carbons (Fsp3) is 0.316. The molecule has 264 valence electrons. The Morgan fingerprint density at radius 1 is 0.824 bits per heavy atom. The first-order valence-corrected chi connectivity index (χ1v) is 16.8. The van der Waals surface area contributed by atoms with E-state index < -0.39 is 6.09 Å². The third-order valence-corrected chi connectivity index (χ3v) is 8.89. The molecule has 0 aliphatic carbocycles. The quantitative estimate of drug-likeness (QED) is 0.138. The van der Waals surface area contributed by atoms with Gasteiger partial charge < -0.3 is 34.4 Å². The van der Waals surface area contributed by atoms with Gasteiger partial charge >= 0.3 is 6.09 Å². The highest BCUT2D eigenvalue weighted by molar-refractivity contribution is 5.75. The maximum Gasteiger partial charge on any atom is 0.407 e. The molecule has 0 radical (unpaired) electrons. The Balaban J connectivity index is 1.37. The number of likely N-dealkylation sites (tertiary alicyclic amines) is 1. The van der Waals surface area contributed by atoms with Gasteiger partial charge in [-0.05, 0) is 85.2 Å². The van der Waals surface area contributed by atoms with E-state index in [4.69, 9.17) is 34.1 Å². The SMILES string of the molecule is COc1ccc(CN(Cc2ccc(OC)cc2)c2nc(C)nc(-c3cc(CC4CCN(C(=O)O)CC4)cnc3Nc3ccc(OC)nc3)n2)cc1. The maximum absolute atomic E-state index is 11.5. The zero-order chi connectivity index (χ0) is 35.7. The molecule has 0 saturated carbocycles. The molecule has 2 N–H and O–H groups in total. The summed E-state index contributed by atoms with van der Waals surface area (Å²) >= 11 is 0. The molecule has 2 aromatic carbocycles. The third-order valence-electron chi connectivity index (χ3n) is 8.89. The van der Waals surface area contributed by atoms with Crippen LogP contribution in [0.1, 0.15) is 35.4 Å². The van der Waals surface area contributed by atoms with Gasteiger partial charge in [-0.3, -0.25) is 0 Å². The van der Waals surface area contributed by atoms with E-state index in [2.05, 4.69) is 21.3 Å². The van der Waals surface area contributed by atoms with Crippen LogP contribution in [-0.4, -0.2) is 75.4 Å².